The third-order valence-electron chi connectivity index (χ3n) is 0.607. The molecule has 0 aromatic heterocycles. The van der Waals surface area contributed by atoms with Gasteiger partial charge >= 0.3 is 0 Å². The highest BCUT2D eigenvalue weighted by molar-refractivity contribution is 7.84. The van der Waals surface area contributed by atoms with E-state index in [9.17, 15) is 0 Å². The van der Waals surface area contributed by atoms with Crippen molar-refractivity contribution >= 4 is 18.8 Å². The van der Waals surface area contributed by atoms with Gasteiger partial charge in [0.1, 0.15) is 5.03 Å². The van der Waals surface area contributed by atoms with Crippen LogP contribution in [0.5, 0.6) is 0 Å². The lowest BCUT2D eigenvalue weighted by Gasteiger charge is -1.98. The molecule has 0 amide bonds. The molecular weight excluding hydrogens is 108 g/mol. The van der Waals surface area contributed by atoms with Gasteiger partial charge in [-0.05, 0) is 0 Å². The van der Waals surface area contributed by atoms with Gasteiger partial charge in [-0.1, -0.05) is 0 Å². The standard InChI is InChI=1S/C4H5N2S/c7-4-3-5-1-2-6-4/h2,5,7H,1H2. The molecule has 0 saturated carbocycles. The van der Waals surface area contributed by atoms with Gasteiger partial charge in [0, 0.05) is 6.21 Å². The maximum absolute atomic E-state index is 3.91. The maximum atomic E-state index is 3.91. The Morgan fingerprint density at radius 2 is 2.86 bits per heavy atom. The number of nitrogens with one attached hydrogen (secondary N) is 1. The first kappa shape index (κ1) is 4.71. The first-order chi connectivity index (χ1) is 3.39. The van der Waals surface area contributed by atoms with Crippen molar-refractivity contribution in [1.29, 1.82) is 0 Å². The van der Waals surface area contributed by atoms with Crippen molar-refractivity contribution in [1.82, 2.24) is 5.32 Å². The number of hydrogen-bond donors (Lipinski definition) is 2. The lowest BCUT2D eigenvalue weighted by atomic mass is 10.6. The van der Waals surface area contributed by atoms with Crippen LogP contribution in [0.1, 0.15) is 0 Å². The van der Waals surface area contributed by atoms with Gasteiger partial charge in [0.15, 0.2) is 0 Å². The third kappa shape index (κ3) is 1.23. The second-order valence-corrected chi connectivity index (χ2v) is 1.56. The molecule has 0 bridgehead atoms. The Kier molecular flexibility index (Phi) is 1.36. The normalized spacial score (nSPS) is 18.1. The van der Waals surface area contributed by atoms with Crippen molar-refractivity contribution in [2.45, 2.75) is 0 Å². The lowest BCUT2D eigenvalue weighted by molar-refractivity contribution is 0.965. The van der Waals surface area contributed by atoms with Gasteiger partial charge in [0.2, 0.25) is 0 Å². The average Bonchev–Trinajstić information content (AvgIpc) is 1.69. The van der Waals surface area contributed by atoms with Crippen LogP contribution in [-0.2, 0) is 0 Å². The maximum Gasteiger partial charge on any atom is 0.118 e. The van der Waals surface area contributed by atoms with E-state index in [0.29, 0.717) is 5.03 Å². The summed E-state index contributed by atoms with van der Waals surface area (Å²) in [6.45, 7) is 0.768. The third-order valence-corrected chi connectivity index (χ3v) is 0.834. The summed E-state index contributed by atoms with van der Waals surface area (Å²) in [5.74, 6) is 0. The molecule has 0 atom stereocenters. The fourth-order valence-electron chi connectivity index (χ4n) is 0.340. The van der Waals surface area contributed by atoms with Crippen molar-refractivity contribution in [3.8, 4) is 0 Å². The largest absolute Gasteiger partial charge is 0.376 e. The van der Waals surface area contributed by atoms with Crippen molar-refractivity contribution in [2.24, 2.45) is 4.99 Å². The highest BCUT2D eigenvalue weighted by atomic mass is 32.1. The topological polar surface area (TPSA) is 24.4 Å². The second kappa shape index (κ2) is 2.02. The summed E-state index contributed by atoms with van der Waals surface area (Å²) < 4.78 is 0. The molecule has 2 nitrogen and oxygen atoms in total. The molecule has 3 heteroatoms. The molecule has 1 radical (unpaired) electrons. The molecule has 0 fully saturated rings. The molecule has 0 unspecified atom stereocenters. The Labute approximate surface area is 47.7 Å². The number of aliphatic imine (C=N–C) groups is 1. The molecular formula is C4H5N2S. The van der Waals surface area contributed by atoms with Crippen molar-refractivity contribution < 1.29 is 0 Å². The van der Waals surface area contributed by atoms with E-state index < -0.39 is 0 Å². The number of rotatable bonds is 0. The predicted molar refractivity (Wildman–Crippen MR) is 32.2 cm³/mol. The molecule has 0 aromatic rings. The number of thiol groups is 1. The summed E-state index contributed by atoms with van der Waals surface area (Å²) in [6.07, 6.45) is 4.46. The lowest BCUT2D eigenvalue weighted by Crippen LogP contribution is -2.12. The Bertz CT molecular complexity index is 117. The molecule has 1 aliphatic heterocycles. The van der Waals surface area contributed by atoms with Crippen LogP contribution < -0.4 is 5.32 Å². The molecule has 0 aliphatic carbocycles. The monoisotopic (exact) mass is 113 g/mol. The van der Waals surface area contributed by atoms with Crippen molar-refractivity contribution in [2.75, 3.05) is 6.54 Å². The predicted octanol–water partition coefficient (Wildman–Crippen LogP) is 0.192. The zero-order chi connectivity index (χ0) is 5.11. The van der Waals surface area contributed by atoms with Crippen LogP contribution in [0.15, 0.2) is 10.0 Å². The minimum atomic E-state index is 0.617. The second-order valence-electron chi connectivity index (χ2n) is 1.14. The summed E-state index contributed by atoms with van der Waals surface area (Å²) >= 11 is 3.91. The SMILES string of the molecule is SC1=[C]NCC=N1. The Morgan fingerprint density at radius 3 is 3.14 bits per heavy atom. The van der Waals surface area contributed by atoms with E-state index in [0.717, 1.165) is 6.54 Å². The molecule has 0 saturated heterocycles. The summed E-state index contributed by atoms with van der Waals surface area (Å²) in [7, 11) is 0. The van der Waals surface area contributed by atoms with Crippen LogP contribution in [0, 0.1) is 6.20 Å². The minimum Gasteiger partial charge on any atom is -0.376 e. The van der Waals surface area contributed by atoms with E-state index in [-0.39, 0.29) is 0 Å². The molecule has 1 aliphatic rings. The molecule has 7 heavy (non-hydrogen) atoms. The van der Waals surface area contributed by atoms with E-state index in [1.165, 1.54) is 0 Å². The Morgan fingerprint density at radius 1 is 2.00 bits per heavy atom. The number of nitrogens with zero attached hydrogens (tertiary/aromatic N) is 1. The van der Waals surface area contributed by atoms with Crippen molar-refractivity contribution in [3.63, 3.8) is 0 Å². The first-order valence-electron chi connectivity index (χ1n) is 1.97. The van der Waals surface area contributed by atoms with E-state index in [2.05, 4.69) is 29.1 Å². The summed E-state index contributed by atoms with van der Waals surface area (Å²) in [6, 6.07) is 0. The van der Waals surface area contributed by atoms with E-state index in [4.69, 9.17) is 0 Å². The average molecular weight is 113 g/mol. The van der Waals surface area contributed by atoms with Crippen LogP contribution >= 0.6 is 12.6 Å². The fraction of sp³-hybridized carbons (Fsp3) is 0.250. The van der Waals surface area contributed by atoms with Crippen LogP contribution in [0.25, 0.3) is 0 Å². The van der Waals surface area contributed by atoms with Crippen LogP contribution in [-0.4, -0.2) is 12.8 Å². The van der Waals surface area contributed by atoms with Crippen LogP contribution in [0.4, 0.5) is 0 Å². The van der Waals surface area contributed by atoms with Gasteiger partial charge in [0.25, 0.3) is 0 Å². The highest BCUT2D eigenvalue weighted by Gasteiger charge is 1.87. The van der Waals surface area contributed by atoms with Gasteiger partial charge in [-0.15, -0.1) is 12.6 Å². The summed E-state index contributed by atoms with van der Waals surface area (Å²) in [5.41, 5.74) is 0. The quantitative estimate of drug-likeness (QED) is 0.431. The molecule has 1 rings (SSSR count). The van der Waals surface area contributed by atoms with Gasteiger partial charge in [-0.2, -0.15) is 0 Å². The summed E-state index contributed by atoms with van der Waals surface area (Å²) in [5, 5.41) is 3.44. The van der Waals surface area contributed by atoms with E-state index in [1.807, 2.05) is 0 Å². The molecule has 1 heterocycles. The van der Waals surface area contributed by atoms with Crippen LogP contribution in [0.2, 0.25) is 0 Å². The van der Waals surface area contributed by atoms with Gasteiger partial charge in [-0.25, -0.2) is 0 Å². The molecule has 37 valence electrons. The summed E-state index contributed by atoms with van der Waals surface area (Å²) in [4.78, 5) is 3.81. The van der Waals surface area contributed by atoms with Gasteiger partial charge in [-0.3, -0.25) is 4.99 Å². The Balaban J connectivity index is 2.58. The van der Waals surface area contributed by atoms with Gasteiger partial charge in [0.05, 0.1) is 12.7 Å². The Hall–Kier alpha value is -0.440. The van der Waals surface area contributed by atoms with E-state index >= 15 is 0 Å². The molecule has 0 spiro atoms. The highest BCUT2D eigenvalue weighted by Crippen LogP contribution is 1.98. The zero-order valence-electron chi connectivity index (χ0n) is 3.68. The minimum absolute atomic E-state index is 0.617. The van der Waals surface area contributed by atoms with E-state index in [1.54, 1.807) is 6.21 Å². The van der Waals surface area contributed by atoms with Gasteiger partial charge < -0.3 is 5.32 Å². The molecule has 1 N–H and O–H groups in total. The zero-order valence-corrected chi connectivity index (χ0v) is 4.57. The van der Waals surface area contributed by atoms with Crippen molar-refractivity contribution in [3.05, 3.63) is 11.2 Å². The van der Waals surface area contributed by atoms with Crippen LogP contribution in [0.3, 0.4) is 0 Å². The fourth-order valence-corrected chi connectivity index (χ4v) is 0.501. The molecule has 0 aromatic carbocycles. The smallest absolute Gasteiger partial charge is 0.118 e. The first-order valence-corrected chi connectivity index (χ1v) is 2.41. The number of hydrogen-bond acceptors (Lipinski definition) is 3.